The molecule has 6 nitrogen and oxygen atoms in total. The maximum Gasteiger partial charge on any atom is 0.229 e. The van der Waals surface area contributed by atoms with Crippen LogP contribution in [-0.2, 0) is 0 Å². The third kappa shape index (κ3) is 3.52. The van der Waals surface area contributed by atoms with Crippen LogP contribution in [0.15, 0.2) is 48.7 Å². The summed E-state index contributed by atoms with van der Waals surface area (Å²) in [6, 6.07) is 10.9. The highest BCUT2D eigenvalue weighted by Crippen LogP contribution is 2.21. The Bertz CT molecular complexity index is 1140. The lowest BCUT2D eigenvalue weighted by Crippen LogP contribution is -2.13. The first-order chi connectivity index (χ1) is 13.0. The SMILES string of the molecule is Cc1nc2cc(F)c(F)cc2n1Nc1ccnc(Nc2cccc(Cl)c2)n1. The highest BCUT2D eigenvalue weighted by Gasteiger charge is 2.13. The summed E-state index contributed by atoms with van der Waals surface area (Å²) in [5.41, 5.74) is 4.50. The summed E-state index contributed by atoms with van der Waals surface area (Å²) in [7, 11) is 0. The molecule has 0 saturated carbocycles. The minimum atomic E-state index is -0.948. The van der Waals surface area contributed by atoms with E-state index in [-0.39, 0.29) is 0 Å². The van der Waals surface area contributed by atoms with E-state index in [0.29, 0.717) is 33.6 Å². The predicted molar refractivity (Wildman–Crippen MR) is 100 cm³/mol. The topological polar surface area (TPSA) is 67.7 Å². The summed E-state index contributed by atoms with van der Waals surface area (Å²) in [6.45, 7) is 1.72. The maximum atomic E-state index is 13.6. The van der Waals surface area contributed by atoms with Crippen molar-refractivity contribution in [3.05, 3.63) is 71.1 Å². The number of imidazole rings is 1. The van der Waals surface area contributed by atoms with Crippen LogP contribution in [-0.4, -0.2) is 19.6 Å². The number of hydrogen-bond donors (Lipinski definition) is 2. The Balaban J connectivity index is 1.65. The summed E-state index contributed by atoms with van der Waals surface area (Å²) in [5, 5.41) is 3.64. The number of anilines is 3. The van der Waals surface area contributed by atoms with Crippen LogP contribution >= 0.6 is 11.6 Å². The molecule has 2 aromatic carbocycles. The molecule has 0 fully saturated rings. The van der Waals surface area contributed by atoms with Crippen molar-refractivity contribution in [3.8, 4) is 0 Å². The van der Waals surface area contributed by atoms with Crippen LogP contribution in [0.5, 0.6) is 0 Å². The van der Waals surface area contributed by atoms with Crippen LogP contribution in [0.4, 0.5) is 26.2 Å². The molecule has 4 rings (SSSR count). The van der Waals surface area contributed by atoms with E-state index in [9.17, 15) is 8.78 Å². The van der Waals surface area contributed by atoms with Gasteiger partial charge in [0, 0.05) is 35.1 Å². The maximum absolute atomic E-state index is 13.6. The number of hydrogen-bond acceptors (Lipinski definition) is 5. The Morgan fingerprint density at radius 1 is 1.04 bits per heavy atom. The minimum Gasteiger partial charge on any atom is -0.324 e. The highest BCUT2D eigenvalue weighted by molar-refractivity contribution is 6.30. The molecule has 2 heterocycles. The van der Waals surface area contributed by atoms with Gasteiger partial charge in [0.25, 0.3) is 0 Å². The van der Waals surface area contributed by atoms with E-state index in [1.807, 2.05) is 6.07 Å². The number of halogens is 3. The van der Waals surface area contributed by atoms with E-state index < -0.39 is 11.6 Å². The molecule has 0 bridgehead atoms. The number of nitrogens with one attached hydrogen (secondary N) is 2. The zero-order chi connectivity index (χ0) is 19.0. The van der Waals surface area contributed by atoms with Gasteiger partial charge >= 0.3 is 0 Å². The molecule has 0 aliphatic carbocycles. The van der Waals surface area contributed by atoms with E-state index in [1.54, 1.807) is 37.4 Å². The second-order valence-electron chi connectivity index (χ2n) is 5.76. The largest absolute Gasteiger partial charge is 0.324 e. The summed E-state index contributed by atoms with van der Waals surface area (Å²) < 4.78 is 28.6. The van der Waals surface area contributed by atoms with E-state index >= 15 is 0 Å². The number of fused-ring (bicyclic) bond motifs is 1. The van der Waals surface area contributed by atoms with E-state index in [4.69, 9.17) is 11.6 Å². The van der Waals surface area contributed by atoms with Crippen LogP contribution in [0.25, 0.3) is 11.0 Å². The minimum absolute atomic E-state index is 0.338. The van der Waals surface area contributed by atoms with Crippen molar-refractivity contribution in [3.63, 3.8) is 0 Å². The third-order valence-electron chi connectivity index (χ3n) is 3.83. The van der Waals surface area contributed by atoms with Crippen molar-refractivity contribution < 1.29 is 8.78 Å². The van der Waals surface area contributed by atoms with E-state index in [1.165, 1.54) is 4.68 Å². The van der Waals surface area contributed by atoms with Gasteiger partial charge in [-0.3, -0.25) is 5.43 Å². The van der Waals surface area contributed by atoms with Crippen LogP contribution in [0.3, 0.4) is 0 Å². The fraction of sp³-hybridized carbons (Fsp3) is 0.0556. The van der Waals surface area contributed by atoms with Crippen molar-refractivity contribution in [2.24, 2.45) is 0 Å². The first kappa shape index (κ1) is 17.2. The van der Waals surface area contributed by atoms with Gasteiger partial charge in [-0.15, -0.1) is 0 Å². The van der Waals surface area contributed by atoms with Gasteiger partial charge in [-0.05, 0) is 25.1 Å². The Morgan fingerprint density at radius 2 is 1.85 bits per heavy atom. The molecule has 4 aromatic rings. The molecular formula is C18H13ClF2N6. The average Bonchev–Trinajstić information content (AvgIpc) is 2.91. The van der Waals surface area contributed by atoms with Gasteiger partial charge in [0.15, 0.2) is 17.5 Å². The summed E-state index contributed by atoms with van der Waals surface area (Å²) in [6.07, 6.45) is 1.57. The van der Waals surface area contributed by atoms with Crippen molar-refractivity contribution in [2.75, 3.05) is 10.7 Å². The molecule has 0 unspecified atom stereocenters. The van der Waals surface area contributed by atoms with Crippen LogP contribution in [0, 0.1) is 18.6 Å². The normalized spacial score (nSPS) is 11.0. The van der Waals surface area contributed by atoms with Crippen molar-refractivity contribution in [2.45, 2.75) is 6.92 Å². The van der Waals surface area contributed by atoms with Gasteiger partial charge < -0.3 is 5.32 Å². The molecule has 0 atom stereocenters. The zero-order valence-electron chi connectivity index (χ0n) is 14.0. The zero-order valence-corrected chi connectivity index (χ0v) is 14.8. The number of benzene rings is 2. The van der Waals surface area contributed by atoms with Gasteiger partial charge in [0.1, 0.15) is 5.82 Å². The Kier molecular flexibility index (Phi) is 4.33. The molecule has 27 heavy (non-hydrogen) atoms. The van der Waals surface area contributed by atoms with Crippen LogP contribution in [0.2, 0.25) is 5.02 Å². The summed E-state index contributed by atoms with van der Waals surface area (Å²) >= 11 is 5.97. The Morgan fingerprint density at radius 3 is 2.67 bits per heavy atom. The van der Waals surface area contributed by atoms with Gasteiger partial charge in [-0.25, -0.2) is 23.4 Å². The fourth-order valence-electron chi connectivity index (χ4n) is 2.63. The summed E-state index contributed by atoms with van der Waals surface area (Å²) in [4.78, 5) is 12.8. The second kappa shape index (κ2) is 6.81. The van der Waals surface area contributed by atoms with E-state index in [0.717, 1.165) is 17.8 Å². The summed E-state index contributed by atoms with van der Waals surface area (Å²) in [5.74, 6) is -0.570. The molecule has 0 spiro atoms. The molecule has 0 aliphatic heterocycles. The quantitative estimate of drug-likeness (QED) is 0.532. The average molecular weight is 387 g/mol. The smallest absolute Gasteiger partial charge is 0.229 e. The van der Waals surface area contributed by atoms with Gasteiger partial charge in [-0.1, -0.05) is 17.7 Å². The lowest BCUT2D eigenvalue weighted by atomic mass is 10.3. The lowest BCUT2D eigenvalue weighted by molar-refractivity contribution is 0.510. The Labute approximate surface area is 157 Å². The van der Waals surface area contributed by atoms with Gasteiger partial charge in [0.2, 0.25) is 5.95 Å². The number of rotatable bonds is 4. The molecule has 0 amide bonds. The van der Waals surface area contributed by atoms with Crippen LogP contribution < -0.4 is 10.7 Å². The second-order valence-corrected chi connectivity index (χ2v) is 6.20. The standard InChI is InChI=1S/C18H13ClF2N6/c1-10-23-15-8-13(20)14(21)9-16(15)27(10)26-17-5-6-22-18(25-17)24-12-4-2-3-11(19)7-12/h2-9H,1H3,(H2,22,24,25,26). The molecular weight excluding hydrogens is 374 g/mol. The van der Waals surface area contributed by atoms with Gasteiger partial charge in [0.05, 0.1) is 11.0 Å². The third-order valence-corrected chi connectivity index (χ3v) is 4.06. The monoisotopic (exact) mass is 386 g/mol. The first-order valence-corrected chi connectivity index (χ1v) is 8.34. The molecule has 0 aliphatic rings. The van der Waals surface area contributed by atoms with Crippen LogP contribution in [0.1, 0.15) is 5.82 Å². The fourth-order valence-corrected chi connectivity index (χ4v) is 2.82. The van der Waals surface area contributed by atoms with Crippen molar-refractivity contribution in [1.29, 1.82) is 0 Å². The lowest BCUT2D eigenvalue weighted by Gasteiger charge is -2.11. The Hall–Kier alpha value is -3.26. The van der Waals surface area contributed by atoms with Crippen molar-refractivity contribution in [1.82, 2.24) is 19.6 Å². The van der Waals surface area contributed by atoms with Gasteiger partial charge in [-0.2, -0.15) is 4.98 Å². The molecule has 2 aromatic heterocycles. The number of nitrogens with zero attached hydrogens (tertiary/aromatic N) is 4. The highest BCUT2D eigenvalue weighted by atomic mass is 35.5. The van der Waals surface area contributed by atoms with Crippen molar-refractivity contribution >= 4 is 40.1 Å². The molecule has 0 radical (unpaired) electrons. The molecule has 9 heteroatoms. The predicted octanol–water partition coefficient (Wildman–Crippen LogP) is 4.69. The first-order valence-electron chi connectivity index (χ1n) is 7.96. The molecule has 0 saturated heterocycles. The van der Waals surface area contributed by atoms with E-state index in [2.05, 4.69) is 25.7 Å². The molecule has 136 valence electrons. The number of aryl methyl sites for hydroxylation is 1. The molecule has 2 N–H and O–H groups in total. The number of aromatic nitrogens is 4.